The van der Waals surface area contributed by atoms with Crippen molar-refractivity contribution in [2.24, 2.45) is 0 Å². The SMILES string of the molecule is O=P([O-])([O-])[O-].O=P([O-])([O-])[O-].[Al+3].[B].[Fe+3]. The molecule has 4 radical (unpaired) electrons. The van der Waals surface area contributed by atoms with E-state index in [1.165, 1.54) is 0 Å². The Labute approximate surface area is 97.0 Å². The Balaban J connectivity index is -0.0000000267. The van der Waals surface area contributed by atoms with Crippen LogP contribution in [-0.4, -0.2) is 25.8 Å². The van der Waals surface area contributed by atoms with E-state index in [1.54, 1.807) is 0 Å². The molecule has 0 atom stereocenters. The second-order valence-electron chi connectivity index (χ2n) is 0.894. The number of hydrogen-bond donors (Lipinski definition) is 0. The van der Waals surface area contributed by atoms with E-state index >= 15 is 0 Å². The van der Waals surface area contributed by atoms with Gasteiger partial charge in [-0.1, -0.05) is 0 Å². The van der Waals surface area contributed by atoms with Crippen molar-refractivity contribution in [1.29, 1.82) is 0 Å². The topological polar surface area (TPSA) is 172 Å². The molecule has 0 unspecified atom stereocenters. The fourth-order valence-corrected chi connectivity index (χ4v) is 0. The zero-order valence-electron chi connectivity index (χ0n) is 5.67. The van der Waals surface area contributed by atoms with Crippen LogP contribution in [0.1, 0.15) is 0 Å². The Kier molecular flexibility index (Phi) is 25.7. The molecule has 0 aromatic carbocycles. The molecule has 8 nitrogen and oxygen atoms in total. The first-order valence-corrected chi connectivity index (χ1v) is 4.38. The maximum Gasteiger partial charge on any atom is 3.00 e. The summed E-state index contributed by atoms with van der Waals surface area (Å²) in [5.41, 5.74) is 0. The quantitative estimate of drug-likeness (QED) is 0.311. The van der Waals surface area contributed by atoms with Crippen molar-refractivity contribution in [1.82, 2.24) is 0 Å². The molecule has 0 rings (SSSR count). The number of rotatable bonds is 0. The normalized spacial score (nSPS) is 9.08. The van der Waals surface area contributed by atoms with Gasteiger partial charge in [0.15, 0.2) is 0 Å². The van der Waals surface area contributed by atoms with Gasteiger partial charge in [0, 0.05) is 8.41 Å². The third-order valence-electron chi connectivity index (χ3n) is 0. The molecule has 0 spiro atoms. The molecular weight excluding hydrogens is 284 g/mol. The summed E-state index contributed by atoms with van der Waals surface area (Å²) in [5, 5.41) is 0. The van der Waals surface area contributed by atoms with E-state index < -0.39 is 15.6 Å². The molecule has 72 valence electrons. The maximum absolute atomic E-state index is 8.55. The molecule has 13 heavy (non-hydrogen) atoms. The third kappa shape index (κ3) is 959. The van der Waals surface area contributed by atoms with E-state index in [0.29, 0.717) is 0 Å². The first-order valence-electron chi connectivity index (χ1n) is 1.46. The minimum Gasteiger partial charge on any atom is -0.822 e. The minimum atomic E-state index is -5.39. The number of hydrogen-bond acceptors (Lipinski definition) is 8. The predicted molar refractivity (Wildman–Crippen MR) is 26.7 cm³/mol. The van der Waals surface area contributed by atoms with E-state index in [-0.39, 0.29) is 42.8 Å². The van der Waals surface area contributed by atoms with E-state index in [4.69, 9.17) is 38.5 Å². The van der Waals surface area contributed by atoms with Gasteiger partial charge in [0.25, 0.3) is 0 Å². The smallest absolute Gasteiger partial charge is 0.822 e. The summed E-state index contributed by atoms with van der Waals surface area (Å²) in [4.78, 5) is 51.3. The summed E-state index contributed by atoms with van der Waals surface area (Å²) >= 11 is 0. The predicted octanol–water partition coefficient (Wildman–Crippen LogP) is -6.41. The minimum absolute atomic E-state index is 0. The van der Waals surface area contributed by atoms with Crippen LogP contribution >= 0.6 is 15.6 Å². The zero-order valence-corrected chi connectivity index (χ0v) is 9.72. The van der Waals surface area contributed by atoms with E-state index in [9.17, 15) is 0 Å². The van der Waals surface area contributed by atoms with Gasteiger partial charge >= 0.3 is 34.4 Å². The second-order valence-corrected chi connectivity index (χ2v) is 2.68. The van der Waals surface area contributed by atoms with Crippen molar-refractivity contribution in [3.63, 3.8) is 0 Å². The average molecular weight is 284 g/mol. The van der Waals surface area contributed by atoms with Crippen LogP contribution in [0.3, 0.4) is 0 Å². The van der Waals surface area contributed by atoms with E-state index in [0.717, 1.165) is 0 Å². The first-order chi connectivity index (χ1) is 4.00. The maximum atomic E-state index is 8.55. The molecule has 0 aromatic heterocycles. The molecule has 0 heterocycles. The Morgan fingerprint density at radius 2 is 0.692 bits per heavy atom. The molecule has 0 saturated heterocycles. The summed E-state index contributed by atoms with van der Waals surface area (Å²) in [7, 11) is -10.8. The van der Waals surface area contributed by atoms with Crippen molar-refractivity contribution in [3.05, 3.63) is 0 Å². The molecule has 0 aromatic rings. The summed E-state index contributed by atoms with van der Waals surface area (Å²) < 4.78 is 17.1. The van der Waals surface area contributed by atoms with Crippen molar-refractivity contribution in [3.8, 4) is 0 Å². The molecule has 0 aliphatic rings. The van der Waals surface area contributed by atoms with Crippen LogP contribution < -0.4 is 29.4 Å². The largest absolute Gasteiger partial charge is 3.00 e. The van der Waals surface area contributed by atoms with Gasteiger partial charge in [-0.25, -0.2) is 0 Å². The molecule has 13 heteroatoms. The van der Waals surface area contributed by atoms with Gasteiger partial charge in [0.1, 0.15) is 0 Å². The van der Waals surface area contributed by atoms with Crippen molar-refractivity contribution >= 4 is 41.4 Å². The molecule has 0 aliphatic carbocycles. The van der Waals surface area contributed by atoms with Gasteiger partial charge in [0.05, 0.1) is 0 Å². The van der Waals surface area contributed by atoms with Gasteiger partial charge in [-0.3, -0.25) is 0 Å². The van der Waals surface area contributed by atoms with Crippen LogP contribution in [0.25, 0.3) is 0 Å². The molecule has 0 fully saturated rings. The van der Waals surface area contributed by atoms with Crippen LogP contribution in [0.5, 0.6) is 0 Å². The Morgan fingerprint density at radius 3 is 0.692 bits per heavy atom. The van der Waals surface area contributed by atoms with Gasteiger partial charge in [0.2, 0.25) is 0 Å². The summed E-state index contributed by atoms with van der Waals surface area (Å²) in [5.74, 6) is 0. The van der Waals surface area contributed by atoms with Gasteiger partial charge < -0.3 is 38.5 Å². The Hall–Kier alpha value is 1.34. The third-order valence-corrected chi connectivity index (χ3v) is 0. The van der Waals surface area contributed by atoms with Gasteiger partial charge in [-0.15, -0.1) is 0 Å². The summed E-state index contributed by atoms with van der Waals surface area (Å²) in [6, 6.07) is 0. The Bertz CT molecular complexity index is 134. The fraction of sp³-hybridized carbons (Fsp3) is 0. The molecule has 0 bridgehead atoms. The monoisotopic (exact) mass is 284 g/mol. The van der Waals surface area contributed by atoms with Crippen LogP contribution in [0.4, 0.5) is 0 Å². The molecular formula is AlBFeO8P2. The van der Waals surface area contributed by atoms with E-state index in [1.807, 2.05) is 0 Å². The first kappa shape index (κ1) is 29.3. The fourth-order valence-electron chi connectivity index (χ4n) is 0. The van der Waals surface area contributed by atoms with Crippen molar-refractivity contribution in [2.45, 2.75) is 0 Å². The van der Waals surface area contributed by atoms with Crippen LogP contribution in [-0.2, 0) is 26.2 Å². The second kappa shape index (κ2) is 11.4. The summed E-state index contributed by atoms with van der Waals surface area (Å²) in [6.45, 7) is 0. The molecule has 0 amide bonds. The van der Waals surface area contributed by atoms with Crippen LogP contribution in [0.15, 0.2) is 0 Å². The van der Waals surface area contributed by atoms with Crippen molar-refractivity contribution < 1.29 is 55.6 Å². The van der Waals surface area contributed by atoms with Crippen molar-refractivity contribution in [2.75, 3.05) is 0 Å². The molecule has 0 saturated carbocycles. The molecule has 0 aliphatic heterocycles. The zero-order chi connectivity index (χ0) is 9.00. The van der Waals surface area contributed by atoms with E-state index in [2.05, 4.69) is 0 Å². The van der Waals surface area contributed by atoms with Gasteiger partial charge in [-0.05, 0) is 0 Å². The van der Waals surface area contributed by atoms with Crippen LogP contribution in [0, 0.1) is 0 Å². The molecule has 0 N–H and O–H groups in total. The average Bonchev–Trinajstić information content (AvgIpc) is 1.12. The number of phosphoric acid groups is 2. The van der Waals surface area contributed by atoms with Gasteiger partial charge in [-0.2, -0.15) is 15.6 Å². The Morgan fingerprint density at radius 1 is 0.692 bits per heavy atom. The van der Waals surface area contributed by atoms with Crippen LogP contribution in [0.2, 0.25) is 0 Å². The summed E-state index contributed by atoms with van der Waals surface area (Å²) in [6.07, 6.45) is 0. The standard InChI is InChI=1S/Al.B.Fe.2H3O4P/c;;;2*1-5(2,3)4/h;;;2*(H3,1,2,3,4)/q+3;;+3;;/p-6.